The Morgan fingerprint density at radius 3 is 2.75 bits per heavy atom. The van der Waals surface area contributed by atoms with Gasteiger partial charge in [-0.25, -0.2) is 9.79 Å². The number of carbonyl (C=O) groups excluding carboxylic acids is 1. The van der Waals surface area contributed by atoms with E-state index >= 15 is 0 Å². The van der Waals surface area contributed by atoms with E-state index in [1.807, 2.05) is 47.9 Å². The van der Waals surface area contributed by atoms with Gasteiger partial charge in [0.25, 0.3) is 5.56 Å². The fourth-order valence-corrected chi connectivity index (χ4v) is 5.89. The molecule has 4 aromatic rings. The molecule has 0 aliphatic carbocycles. The molecule has 1 aliphatic heterocycles. The summed E-state index contributed by atoms with van der Waals surface area (Å²) in [6, 6.07) is 17.5. The molecule has 2 aromatic carbocycles. The molecule has 1 unspecified atom stereocenters. The number of aromatic nitrogens is 1. The van der Waals surface area contributed by atoms with Gasteiger partial charge in [-0.1, -0.05) is 59.9 Å². The largest absolute Gasteiger partial charge is 0.463 e. The molecule has 160 valence electrons. The summed E-state index contributed by atoms with van der Waals surface area (Å²) in [6.45, 7) is 3.83. The monoisotopic (exact) mass is 460 g/mol. The van der Waals surface area contributed by atoms with E-state index in [2.05, 4.69) is 23.2 Å². The van der Waals surface area contributed by atoms with Crippen LogP contribution in [0.15, 0.2) is 81.0 Å². The Balaban J connectivity index is 1.74. The number of nitrogens with zero attached hydrogens (tertiary/aromatic N) is 2. The molecular formula is C25H20N2O3S2. The Kier molecular flexibility index (Phi) is 5.36. The first-order valence-corrected chi connectivity index (χ1v) is 12.0. The highest BCUT2D eigenvalue weighted by atomic mass is 32.1. The van der Waals surface area contributed by atoms with Crippen molar-refractivity contribution in [3.63, 3.8) is 0 Å². The van der Waals surface area contributed by atoms with Crippen LogP contribution in [-0.2, 0) is 9.53 Å². The molecule has 0 saturated carbocycles. The number of hydrogen-bond acceptors (Lipinski definition) is 6. The molecule has 0 bridgehead atoms. The van der Waals surface area contributed by atoms with E-state index in [0.717, 1.165) is 21.2 Å². The van der Waals surface area contributed by atoms with E-state index in [1.165, 1.54) is 22.7 Å². The van der Waals surface area contributed by atoms with Crippen LogP contribution in [0.4, 0.5) is 0 Å². The molecule has 0 amide bonds. The first-order chi connectivity index (χ1) is 15.6. The molecule has 0 spiro atoms. The van der Waals surface area contributed by atoms with E-state index in [1.54, 1.807) is 18.4 Å². The molecular weight excluding hydrogens is 440 g/mol. The van der Waals surface area contributed by atoms with Crippen LogP contribution in [0.2, 0.25) is 0 Å². The topological polar surface area (TPSA) is 60.7 Å². The summed E-state index contributed by atoms with van der Waals surface area (Å²) < 4.78 is 7.53. The normalized spacial score (nSPS) is 16.2. The van der Waals surface area contributed by atoms with Crippen molar-refractivity contribution in [2.45, 2.75) is 19.9 Å². The van der Waals surface area contributed by atoms with E-state index in [0.29, 0.717) is 20.6 Å². The molecule has 2 aromatic heterocycles. The van der Waals surface area contributed by atoms with Gasteiger partial charge in [0.15, 0.2) is 4.80 Å². The van der Waals surface area contributed by atoms with Crippen LogP contribution < -0.4 is 14.9 Å². The zero-order valence-electron chi connectivity index (χ0n) is 17.6. The Bertz CT molecular complexity index is 1540. The molecule has 7 heteroatoms. The second-order valence-electron chi connectivity index (χ2n) is 7.39. The molecule has 0 radical (unpaired) electrons. The number of rotatable bonds is 4. The van der Waals surface area contributed by atoms with Gasteiger partial charge in [0.2, 0.25) is 0 Å². The second kappa shape index (κ2) is 8.33. The van der Waals surface area contributed by atoms with Crippen molar-refractivity contribution in [1.82, 2.24) is 4.57 Å². The highest BCUT2D eigenvalue weighted by molar-refractivity contribution is 7.10. The van der Waals surface area contributed by atoms with Gasteiger partial charge in [-0.2, -0.15) is 0 Å². The summed E-state index contributed by atoms with van der Waals surface area (Å²) in [5.74, 6) is -0.435. The Labute approximate surface area is 192 Å². The lowest BCUT2D eigenvalue weighted by Gasteiger charge is -2.23. The smallest absolute Gasteiger partial charge is 0.338 e. The third-order valence-electron chi connectivity index (χ3n) is 5.44. The third kappa shape index (κ3) is 3.43. The quantitative estimate of drug-likeness (QED) is 0.432. The lowest BCUT2D eigenvalue weighted by atomic mass is 10.0. The Morgan fingerprint density at radius 1 is 1.16 bits per heavy atom. The lowest BCUT2D eigenvalue weighted by Crippen LogP contribution is -2.39. The molecule has 0 N–H and O–H groups in total. The molecule has 0 fully saturated rings. The van der Waals surface area contributed by atoms with Crippen LogP contribution in [0.5, 0.6) is 0 Å². The SMILES string of the molecule is CCOC(=O)C1=C(C)N=c2s/c(=C\c3cccc4ccccc34)c(=O)n2C1c1cccs1. The molecule has 5 rings (SSSR count). The minimum absolute atomic E-state index is 0.158. The summed E-state index contributed by atoms with van der Waals surface area (Å²) in [7, 11) is 0. The molecule has 1 atom stereocenters. The van der Waals surface area contributed by atoms with Gasteiger partial charge in [-0.15, -0.1) is 11.3 Å². The summed E-state index contributed by atoms with van der Waals surface area (Å²) >= 11 is 2.85. The number of ether oxygens (including phenoxy) is 1. The summed E-state index contributed by atoms with van der Waals surface area (Å²) in [6.07, 6.45) is 1.92. The standard InChI is InChI=1S/C25H20N2O3S2/c1-3-30-24(29)21-15(2)26-25-27(22(21)19-12-7-13-31-19)23(28)20(32-25)14-17-10-6-9-16-8-4-5-11-18(16)17/h4-14,22H,3H2,1-2H3/b20-14-. The molecule has 1 aliphatic rings. The van der Waals surface area contributed by atoms with Crippen LogP contribution in [-0.4, -0.2) is 17.1 Å². The average Bonchev–Trinajstić information content (AvgIpc) is 3.42. The highest BCUT2D eigenvalue weighted by Gasteiger charge is 2.33. The minimum atomic E-state index is -0.542. The van der Waals surface area contributed by atoms with E-state index in [9.17, 15) is 9.59 Å². The number of thiophene rings is 1. The Morgan fingerprint density at radius 2 is 1.97 bits per heavy atom. The number of esters is 1. The van der Waals surface area contributed by atoms with Gasteiger partial charge in [0.05, 0.1) is 22.4 Å². The minimum Gasteiger partial charge on any atom is -0.463 e. The van der Waals surface area contributed by atoms with Crippen LogP contribution in [0.25, 0.3) is 16.8 Å². The van der Waals surface area contributed by atoms with E-state index in [4.69, 9.17) is 4.74 Å². The molecule has 3 heterocycles. The average molecular weight is 461 g/mol. The maximum absolute atomic E-state index is 13.6. The van der Waals surface area contributed by atoms with E-state index in [-0.39, 0.29) is 12.2 Å². The highest BCUT2D eigenvalue weighted by Crippen LogP contribution is 2.33. The van der Waals surface area contributed by atoms with Crippen molar-refractivity contribution in [3.8, 4) is 0 Å². The predicted molar refractivity (Wildman–Crippen MR) is 129 cm³/mol. The van der Waals surface area contributed by atoms with Crippen molar-refractivity contribution in [1.29, 1.82) is 0 Å². The fourth-order valence-electron chi connectivity index (χ4n) is 4.03. The summed E-state index contributed by atoms with van der Waals surface area (Å²) in [4.78, 5) is 32.5. The molecule has 5 nitrogen and oxygen atoms in total. The maximum Gasteiger partial charge on any atom is 0.338 e. The van der Waals surface area contributed by atoms with Gasteiger partial charge < -0.3 is 4.74 Å². The number of benzene rings is 2. The second-order valence-corrected chi connectivity index (χ2v) is 9.37. The van der Waals surface area contributed by atoms with Gasteiger partial charge in [-0.05, 0) is 47.7 Å². The number of thiazole rings is 1. The maximum atomic E-state index is 13.6. The third-order valence-corrected chi connectivity index (χ3v) is 7.35. The van der Waals surface area contributed by atoms with Crippen molar-refractivity contribution in [2.24, 2.45) is 4.99 Å². The first-order valence-electron chi connectivity index (χ1n) is 10.3. The van der Waals surface area contributed by atoms with Crippen molar-refractivity contribution in [2.75, 3.05) is 6.61 Å². The van der Waals surface area contributed by atoms with Gasteiger partial charge in [0.1, 0.15) is 6.04 Å². The lowest BCUT2D eigenvalue weighted by molar-refractivity contribution is -0.139. The number of allylic oxidation sites excluding steroid dienone is 1. The number of carbonyl (C=O) groups is 1. The Hall–Kier alpha value is -3.29. The van der Waals surface area contributed by atoms with Crippen molar-refractivity contribution in [3.05, 3.63) is 101 Å². The van der Waals surface area contributed by atoms with E-state index < -0.39 is 12.0 Å². The zero-order chi connectivity index (χ0) is 22.2. The molecule has 0 saturated heterocycles. The van der Waals surface area contributed by atoms with Crippen molar-refractivity contribution < 1.29 is 9.53 Å². The fraction of sp³-hybridized carbons (Fsp3) is 0.160. The van der Waals surface area contributed by atoms with Crippen LogP contribution in [0.3, 0.4) is 0 Å². The summed E-state index contributed by atoms with van der Waals surface area (Å²) in [5, 5.41) is 4.14. The predicted octanol–water partition coefficient (Wildman–Crippen LogP) is 4.01. The van der Waals surface area contributed by atoms with Crippen molar-refractivity contribution >= 4 is 45.5 Å². The van der Waals surface area contributed by atoms with Crippen LogP contribution in [0, 0.1) is 0 Å². The number of hydrogen-bond donors (Lipinski definition) is 0. The zero-order valence-corrected chi connectivity index (χ0v) is 19.2. The number of fused-ring (bicyclic) bond motifs is 2. The van der Waals surface area contributed by atoms with Crippen LogP contribution >= 0.6 is 22.7 Å². The summed E-state index contributed by atoms with van der Waals surface area (Å²) in [5.41, 5.74) is 1.81. The van der Waals surface area contributed by atoms with Gasteiger partial charge in [0, 0.05) is 4.88 Å². The van der Waals surface area contributed by atoms with Gasteiger partial charge >= 0.3 is 5.97 Å². The first kappa shape index (κ1) is 20.6. The van der Waals surface area contributed by atoms with Crippen LogP contribution in [0.1, 0.15) is 30.3 Å². The van der Waals surface area contributed by atoms with Gasteiger partial charge in [-0.3, -0.25) is 9.36 Å². The molecule has 32 heavy (non-hydrogen) atoms.